The third kappa shape index (κ3) is 4.23. The summed E-state index contributed by atoms with van der Waals surface area (Å²) >= 11 is 1.43. The maximum atomic E-state index is 12.4. The average molecular weight is 326 g/mol. The molecule has 0 aliphatic heterocycles. The first-order chi connectivity index (χ1) is 10.0. The normalized spacial score (nSPS) is 11.5. The van der Waals surface area contributed by atoms with Crippen LogP contribution in [0.2, 0.25) is 0 Å². The lowest BCUT2D eigenvalue weighted by Gasteiger charge is -2.11. The molecule has 0 radical (unpaired) electrons. The van der Waals surface area contributed by atoms with Crippen LogP contribution in [-0.4, -0.2) is 24.9 Å². The van der Waals surface area contributed by atoms with E-state index >= 15 is 0 Å². The summed E-state index contributed by atoms with van der Waals surface area (Å²) in [5.74, 6) is 0.377. The third-order valence-electron chi connectivity index (χ3n) is 2.68. The van der Waals surface area contributed by atoms with E-state index in [1.165, 1.54) is 11.3 Å². The number of hydrogen-bond donors (Lipinski definition) is 2. The number of aromatic nitrogens is 2. The molecule has 8 heteroatoms. The van der Waals surface area contributed by atoms with Crippen LogP contribution in [0.3, 0.4) is 0 Å². The van der Waals surface area contributed by atoms with E-state index in [1.807, 2.05) is 19.2 Å². The van der Waals surface area contributed by atoms with Crippen LogP contribution in [0.4, 0.5) is 5.82 Å². The molecule has 0 atom stereocenters. The molecule has 2 N–H and O–H groups in total. The molecule has 0 aromatic carbocycles. The highest BCUT2D eigenvalue weighted by Gasteiger charge is 2.19. The predicted octanol–water partition coefficient (Wildman–Crippen LogP) is 2.15. The number of nitrogens with one attached hydrogen (secondary N) is 2. The second kappa shape index (κ2) is 6.97. The van der Waals surface area contributed by atoms with Crippen molar-refractivity contribution in [2.75, 3.05) is 11.9 Å². The van der Waals surface area contributed by atoms with Gasteiger partial charge in [-0.25, -0.2) is 23.1 Å². The van der Waals surface area contributed by atoms with E-state index in [1.54, 1.807) is 18.3 Å². The van der Waals surface area contributed by atoms with Crippen LogP contribution in [0.15, 0.2) is 28.6 Å². The van der Waals surface area contributed by atoms with Gasteiger partial charge in [-0.05, 0) is 25.5 Å². The minimum atomic E-state index is -3.62. The monoisotopic (exact) mass is 326 g/mol. The first kappa shape index (κ1) is 15.9. The second-order valence-corrected chi connectivity index (χ2v) is 7.16. The van der Waals surface area contributed by atoms with Crippen LogP contribution in [0.5, 0.6) is 0 Å². The Kier molecular flexibility index (Phi) is 5.27. The highest BCUT2D eigenvalue weighted by atomic mass is 32.2. The minimum Gasteiger partial charge on any atom is -0.369 e. The van der Waals surface area contributed by atoms with E-state index in [0.717, 1.165) is 17.1 Å². The van der Waals surface area contributed by atoms with E-state index in [0.29, 0.717) is 12.4 Å². The summed E-state index contributed by atoms with van der Waals surface area (Å²) in [7, 11) is -3.62. The lowest BCUT2D eigenvalue weighted by atomic mass is 10.4. The number of aryl methyl sites for hydroxylation is 1. The van der Waals surface area contributed by atoms with Gasteiger partial charge in [-0.3, -0.25) is 0 Å². The molecule has 2 aromatic rings. The molecule has 2 rings (SSSR count). The summed E-state index contributed by atoms with van der Waals surface area (Å²) < 4.78 is 27.3. The van der Waals surface area contributed by atoms with Crippen LogP contribution < -0.4 is 10.0 Å². The van der Waals surface area contributed by atoms with Gasteiger partial charge < -0.3 is 5.32 Å². The number of sulfonamides is 1. The summed E-state index contributed by atoms with van der Waals surface area (Å²) in [4.78, 5) is 8.50. The Morgan fingerprint density at radius 2 is 2.19 bits per heavy atom. The van der Waals surface area contributed by atoms with Crippen molar-refractivity contribution in [2.24, 2.45) is 0 Å². The van der Waals surface area contributed by atoms with E-state index in [-0.39, 0.29) is 11.4 Å². The number of hydrogen-bond acceptors (Lipinski definition) is 6. The Morgan fingerprint density at radius 3 is 2.86 bits per heavy atom. The minimum absolute atomic E-state index is 0.159. The fraction of sp³-hybridized carbons (Fsp3) is 0.385. The number of pyridine rings is 1. The Labute approximate surface area is 128 Å². The summed E-state index contributed by atoms with van der Waals surface area (Å²) in [6, 6.07) is 3.15. The van der Waals surface area contributed by atoms with Crippen LogP contribution in [0.25, 0.3) is 0 Å². The summed E-state index contributed by atoms with van der Waals surface area (Å²) in [6.45, 7) is 4.74. The Bertz CT molecular complexity index is 698. The number of nitrogens with zero attached hydrogens (tertiary/aromatic N) is 2. The Morgan fingerprint density at radius 1 is 1.38 bits per heavy atom. The fourth-order valence-electron chi connectivity index (χ4n) is 1.70. The molecule has 2 heterocycles. The van der Waals surface area contributed by atoms with Gasteiger partial charge in [0.1, 0.15) is 15.7 Å². The van der Waals surface area contributed by atoms with Crippen molar-refractivity contribution in [3.05, 3.63) is 34.4 Å². The third-order valence-corrected chi connectivity index (χ3v) is 5.08. The highest BCUT2D eigenvalue weighted by Crippen LogP contribution is 2.18. The summed E-state index contributed by atoms with van der Waals surface area (Å²) in [5, 5.41) is 5.66. The van der Waals surface area contributed by atoms with Gasteiger partial charge in [0.15, 0.2) is 0 Å². The van der Waals surface area contributed by atoms with Crippen molar-refractivity contribution in [3.8, 4) is 0 Å². The molecule has 0 amide bonds. The molecule has 0 bridgehead atoms. The molecule has 0 aliphatic carbocycles. The SMILES string of the molecule is CCCNc1ncccc1S(=O)(=O)NCc1nc(C)cs1. The van der Waals surface area contributed by atoms with Gasteiger partial charge in [-0.15, -0.1) is 11.3 Å². The number of thiazole rings is 1. The van der Waals surface area contributed by atoms with Gasteiger partial charge in [-0.2, -0.15) is 0 Å². The van der Waals surface area contributed by atoms with Crippen LogP contribution in [0, 0.1) is 6.92 Å². The van der Waals surface area contributed by atoms with Crippen molar-refractivity contribution in [3.63, 3.8) is 0 Å². The lowest BCUT2D eigenvalue weighted by Crippen LogP contribution is -2.24. The molecule has 114 valence electrons. The molecular weight excluding hydrogens is 308 g/mol. The quantitative estimate of drug-likeness (QED) is 0.814. The Balaban J connectivity index is 2.15. The molecule has 0 spiro atoms. The molecule has 21 heavy (non-hydrogen) atoms. The molecule has 0 saturated carbocycles. The predicted molar refractivity (Wildman–Crippen MR) is 83.9 cm³/mol. The first-order valence-corrected chi connectivity index (χ1v) is 8.99. The van der Waals surface area contributed by atoms with Gasteiger partial charge in [0, 0.05) is 23.8 Å². The van der Waals surface area contributed by atoms with Crippen molar-refractivity contribution >= 4 is 27.2 Å². The molecule has 6 nitrogen and oxygen atoms in total. The fourth-order valence-corrected chi connectivity index (χ4v) is 3.62. The topological polar surface area (TPSA) is 84.0 Å². The molecule has 0 aliphatic rings. The van der Waals surface area contributed by atoms with Gasteiger partial charge in [0.2, 0.25) is 10.0 Å². The van der Waals surface area contributed by atoms with E-state index < -0.39 is 10.0 Å². The zero-order valence-corrected chi connectivity index (χ0v) is 13.6. The van der Waals surface area contributed by atoms with Gasteiger partial charge in [-0.1, -0.05) is 6.92 Å². The number of anilines is 1. The smallest absolute Gasteiger partial charge is 0.244 e. The zero-order valence-electron chi connectivity index (χ0n) is 12.0. The van der Waals surface area contributed by atoms with Crippen molar-refractivity contribution in [1.29, 1.82) is 0 Å². The maximum Gasteiger partial charge on any atom is 0.244 e. The van der Waals surface area contributed by atoms with E-state index in [9.17, 15) is 8.42 Å². The summed E-state index contributed by atoms with van der Waals surface area (Å²) in [5.41, 5.74) is 0.890. The van der Waals surface area contributed by atoms with Crippen LogP contribution in [-0.2, 0) is 16.6 Å². The maximum absolute atomic E-state index is 12.4. The van der Waals surface area contributed by atoms with E-state index in [4.69, 9.17) is 0 Å². The lowest BCUT2D eigenvalue weighted by molar-refractivity contribution is 0.581. The average Bonchev–Trinajstić information content (AvgIpc) is 2.89. The molecule has 0 fully saturated rings. The van der Waals surface area contributed by atoms with Gasteiger partial charge in [0.25, 0.3) is 0 Å². The van der Waals surface area contributed by atoms with Gasteiger partial charge in [0.05, 0.1) is 6.54 Å². The first-order valence-electron chi connectivity index (χ1n) is 6.62. The van der Waals surface area contributed by atoms with Crippen LogP contribution in [0.1, 0.15) is 24.0 Å². The summed E-state index contributed by atoms with van der Waals surface area (Å²) in [6.07, 6.45) is 2.46. The second-order valence-electron chi connectivity index (χ2n) is 4.48. The van der Waals surface area contributed by atoms with Crippen LogP contribution >= 0.6 is 11.3 Å². The Hall–Kier alpha value is -1.51. The molecule has 2 aromatic heterocycles. The van der Waals surface area contributed by atoms with Crippen molar-refractivity contribution in [2.45, 2.75) is 31.7 Å². The number of rotatable bonds is 7. The molecular formula is C13H18N4O2S2. The van der Waals surface area contributed by atoms with Crippen molar-refractivity contribution in [1.82, 2.24) is 14.7 Å². The van der Waals surface area contributed by atoms with Crippen molar-refractivity contribution < 1.29 is 8.42 Å². The molecule has 0 saturated heterocycles. The standard InChI is InChI=1S/C13H18N4O2S2/c1-3-6-14-13-11(5-4-7-15-13)21(18,19)16-8-12-17-10(2)9-20-12/h4-5,7,9,16H,3,6,8H2,1-2H3,(H,14,15). The largest absolute Gasteiger partial charge is 0.369 e. The zero-order chi connectivity index (χ0) is 15.3. The van der Waals surface area contributed by atoms with E-state index in [2.05, 4.69) is 20.0 Å². The van der Waals surface area contributed by atoms with Gasteiger partial charge >= 0.3 is 0 Å². The molecule has 0 unspecified atom stereocenters. The highest BCUT2D eigenvalue weighted by molar-refractivity contribution is 7.89.